The van der Waals surface area contributed by atoms with Crippen LogP contribution in [0.25, 0.3) is 0 Å². The molecule has 2 amide bonds. The van der Waals surface area contributed by atoms with Gasteiger partial charge < -0.3 is 15.7 Å². The number of rotatable bonds is 5. The lowest BCUT2D eigenvalue weighted by atomic mass is 9.51. The van der Waals surface area contributed by atoms with Crippen LogP contribution in [0.3, 0.4) is 0 Å². The Morgan fingerprint density at radius 3 is 2.33 bits per heavy atom. The van der Waals surface area contributed by atoms with Gasteiger partial charge in [-0.25, -0.2) is 0 Å². The van der Waals surface area contributed by atoms with Gasteiger partial charge in [0.2, 0.25) is 11.8 Å². The molecule has 5 heteroatoms. The Hall–Kier alpha value is -1.10. The number of fused-ring (bicyclic) bond motifs is 1. The van der Waals surface area contributed by atoms with Gasteiger partial charge in [-0.1, -0.05) is 20.8 Å². The normalized spacial score (nSPS) is 42.7. The van der Waals surface area contributed by atoms with Crippen molar-refractivity contribution in [3.8, 4) is 0 Å². The third kappa shape index (κ3) is 3.76. The van der Waals surface area contributed by atoms with Crippen molar-refractivity contribution in [1.82, 2.24) is 10.6 Å². The third-order valence-electron chi connectivity index (χ3n) is 8.14. The van der Waals surface area contributed by atoms with Crippen molar-refractivity contribution in [3.63, 3.8) is 0 Å². The van der Waals surface area contributed by atoms with E-state index in [9.17, 15) is 14.7 Å². The number of hydrogen-bond donors (Lipinski definition) is 3. The quantitative estimate of drug-likeness (QED) is 0.690. The average Bonchev–Trinajstić information content (AvgIpc) is 3.50. The van der Waals surface area contributed by atoms with Gasteiger partial charge in [0.25, 0.3) is 0 Å². The van der Waals surface area contributed by atoms with Crippen molar-refractivity contribution in [1.29, 1.82) is 0 Å². The molecule has 152 valence electrons. The molecule has 0 aromatic heterocycles. The standard InChI is InChI=1S/C22H36N2O3/c1-12(20(26)23-15-6-7-15)16-8-10-22(3)11-9-17(13(2)18(22)19(16)25)24-21(27)14-4-5-14/h12-19,25H,4-11H2,1-3H3,(H,23,26)(H,24,27)/t12-,13+,16+,17-,18+,19-,22-/m0/s1. The topological polar surface area (TPSA) is 78.4 Å². The van der Waals surface area contributed by atoms with Crippen LogP contribution in [0.4, 0.5) is 0 Å². The second kappa shape index (κ2) is 7.06. The molecular weight excluding hydrogens is 340 g/mol. The van der Waals surface area contributed by atoms with E-state index in [0.29, 0.717) is 6.04 Å². The molecule has 4 saturated carbocycles. The first kappa shape index (κ1) is 19.2. The van der Waals surface area contributed by atoms with Gasteiger partial charge in [0, 0.05) is 23.9 Å². The minimum Gasteiger partial charge on any atom is -0.392 e. The maximum atomic E-state index is 12.6. The lowest BCUT2D eigenvalue weighted by Gasteiger charge is -2.56. The highest BCUT2D eigenvalue weighted by Gasteiger charge is 2.54. The molecule has 3 N–H and O–H groups in total. The van der Waals surface area contributed by atoms with Gasteiger partial charge in [-0.05, 0) is 74.5 Å². The molecular formula is C22H36N2O3. The Morgan fingerprint density at radius 1 is 1.04 bits per heavy atom. The molecule has 4 aliphatic carbocycles. The summed E-state index contributed by atoms with van der Waals surface area (Å²) < 4.78 is 0. The number of nitrogens with one attached hydrogen (secondary N) is 2. The summed E-state index contributed by atoms with van der Waals surface area (Å²) in [6.07, 6.45) is 7.77. The Labute approximate surface area is 163 Å². The summed E-state index contributed by atoms with van der Waals surface area (Å²) in [6, 6.07) is 0.516. The molecule has 0 heterocycles. The van der Waals surface area contributed by atoms with E-state index in [1.807, 2.05) is 6.92 Å². The summed E-state index contributed by atoms with van der Waals surface area (Å²) in [4.78, 5) is 24.9. The lowest BCUT2D eigenvalue weighted by molar-refractivity contribution is -0.144. The molecule has 4 fully saturated rings. The molecule has 0 saturated heterocycles. The van der Waals surface area contributed by atoms with Crippen molar-refractivity contribution in [2.24, 2.45) is 35.0 Å². The van der Waals surface area contributed by atoms with Crippen LogP contribution in [0.15, 0.2) is 0 Å². The van der Waals surface area contributed by atoms with Crippen LogP contribution in [-0.2, 0) is 9.59 Å². The summed E-state index contributed by atoms with van der Waals surface area (Å²) in [7, 11) is 0. The van der Waals surface area contributed by atoms with E-state index in [-0.39, 0.29) is 52.9 Å². The fourth-order valence-electron chi connectivity index (χ4n) is 5.90. The number of carbonyl (C=O) groups excluding carboxylic acids is 2. The zero-order chi connectivity index (χ0) is 19.3. The molecule has 0 bridgehead atoms. The second-order valence-electron chi connectivity index (χ2n) is 10.2. The van der Waals surface area contributed by atoms with Crippen LogP contribution >= 0.6 is 0 Å². The Balaban J connectivity index is 1.45. The minimum atomic E-state index is -0.473. The van der Waals surface area contributed by atoms with Gasteiger partial charge in [-0.3, -0.25) is 9.59 Å². The molecule has 0 aliphatic heterocycles. The van der Waals surface area contributed by atoms with Crippen LogP contribution in [0.1, 0.15) is 72.1 Å². The monoisotopic (exact) mass is 376 g/mol. The lowest BCUT2D eigenvalue weighted by Crippen LogP contribution is -2.58. The van der Waals surface area contributed by atoms with Crippen LogP contribution in [-0.4, -0.2) is 35.1 Å². The third-order valence-corrected chi connectivity index (χ3v) is 8.14. The fraction of sp³-hybridized carbons (Fsp3) is 0.909. The first-order valence-electron chi connectivity index (χ1n) is 11.1. The highest BCUT2D eigenvalue weighted by Crippen LogP contribution is 2.55. The first-order valence-corrected chi connectivity index (χ1v) is 11.1. The molecule has 4 aliphatic rings. The second-order valence-corrected chi connectivity index (χ2v) is 10.2. The Morgan fingerprint density at radius 2 is 1.70 bits per heavy atom. The molecule has 0 radical (unpaired) electrons. The van der Waals surface area contributed by atoms with Gasteiger partial charge in [-0.2, -0.15) is 0 Å². The van der Waals surface area contributed by atoms with Crippen LogP contribution in [0.2, 0.25) is 0 Å². The molecule has 7 atom stereocenters. The van der Waals surface area contributed by atoms with E-state index in [0.717, 1.165) is 51.4 Å². The summed E-state index contributed by atoms with van der Waals surface area (Å²) in [5.74, 6) is 0.775. The maximum absolute atomic E-state index is 12.6. The highest BCUT2D eigenvalue weighted by atomic mass is 16.3. The molecule has 0 aromatic carbocycles. The van der Waals surface area contributed by atoms with Crippen molar-refractivity contribution in [3.05, 3.63) is 0 Å². The van der Waals surface area contributed by atoms with Crippen LogP contribution in [0, 0.1) is 35.0 Å². The van der Waals surface area contributed by atoms with Gasteiger partial charge in [0.15, 0.2) is 0 Å². The molecule has 0 unspecified atom stereocenters. The van der Waals surface area contributed by atoms with Crippen molar-refractivity contribution in [2.75, 3.05) is 0 Å². The summed E-state index contributed by atoms with van der Waals surface area (Å²) in [6.45, 7) is 6.48. The van der Waals surface area contributed by atoms with E-state index in [1.54, 1.807) is 0 Å². The van der Waals surface area contributed by atoms with E-state index in [1.165, 1.54) is 0 Å². The van der Waals surface area contributed by atoms with Gasteiger partial charge in [-0.15, -0.1) is 0 Å². The van der Waals surface area contributed by atoms with Crippen molar-refractivity contribution >= 4 is 11.8 Å². The fourth-order valence-corrected chi connectivity index (χ4v) is 5.90. The van der Waals surface area contributed by atoms with Gasteiger partial charge >= 0.3 is 0 Å². The van der Waals surface area contributed by atoms with E-state index >= 15 is 0 Å². The Bertz CT molecular complexity index is 600. The van der Waals surface area contributed by atoms with Gasteiger partial charge in [0.1, 0.15) is 0 Å². The van der Waals surface area contributed by atoms with Crippen molar-refractivity contribution in [2.45, 2.75) is 90.3 Å². The zero-order valence-electron chi connectivity index (χ0n) is 17.0. The number of aliphatic hydroxyl groups is 1. The summed E-state index contributed by atoms with van der Waals surface area (Å²) >= 11 is 0. The zero-order valence-corrected chi connectivity index (χ0v) is 17.0. The maximum Gasteiger partial charge on any atom is 0.223 e. The first-order chi connectivity index (χ1) is 12.8. The predicted octanol–water partition coefficient (Wildman–Crippen LogP) is 2.62. The smallest absolute Gasteiger partial charge is 0.223 e. The molecule has 0 spiro atoms. The molecule has 0 aromatic rings. The molecule has 5 nitrogen and oxygen atoms in total. The number of amides is 2. The predicted molar refractivity (Wildman–Crippen MR) is 104 cm³/mol. The SMILES string of the molecule is C[C@H]1[C@@H]2[C@@H](O)[C@@H]([C@H](C)C(=O)NC3CC3)CC[C@@]2(C)CC[C@@H]1NC(=O)C1CC1. The van der Waals surface area contributed by atoms with Crippen molar-refractivity contribution < 1.29 is 14.7 Å². The van der Waals surface area contributed by atoms with Crippen LogP contribution < -0.4 is 10.6 Å². The highest BCUT2D eigenvalue weighted by molar-refractivity contribution is 5.81. The number of carbonyl (C=O) groups is 2. The van der Waals surface area contributed by atoms with Gasteiger partial charge in [0.05, 0.1) is 6.10 Å². The largest absolute Gasteiger partial charge is 0.392 e. The van der Waals surface area contributed by atoms with E-state index in [2.05, 4.69) is 24.5 Å². The molecule has 4 rings (SSSR count). The summed E-state index contributed by atoms with van der Waals surface area (Å²) in [5, 5.41) is 17.7. The van der Waals surface area contributed by atoms with E-state index < -0.39 is 6.10 Å². The van der Waals surface area contributed by atoms with Crippen LogP contribution in [0.5, 0.6) is 0 Å². The number of aliphatic hydroxyl groups excluding tert-OH is 1. The summed E-state index contributed by atoms with van der Waals surface area (Å²) in [5.41, 5.74) is 0.114. The average molecular weight is 377 g/mol. The van der Waals surface area contributed by atoms with E-state index in [4.69, 9.17) is 0 Å². The molecule has 27 heavy (non-hydrogen) atoms. The number of hydrogen-bond acceptors (Lipinski definition) is 3. The minimum absolute atomic E-state index is 0.0159. The Kier molecular flexibility index (Phi) is 5.02.